The molecule has 3 rings (SSSR count). The van der Waals surface area contributed by atoms with Crippen molar-refractivity contribution < 1.29 is 18.0 Å². The van der Waals surface area contributed by atoms with Crippen LogP contribution in [-0.2, 0) is 32.6 Å². The Labute approximate surface area is 245 Å². The van der Waals surface area contributed by atoms with Crippen LogP contribution in [0.5, 0.6) is 0 Å². The number of nitrogens with zero attached hydrogens (tertiary/aromatic N) is 2. The van der Waals surface area contributed by atoms with Gasteiger partial charge in [0.2, 0.25) is 21.8 Å². The molecule has 41 heavy (non-hydrogen) atoms. The summed E-state index contributed by atoms with van der Waals surface area (Å²) < 4.78 is 26.8. The highest BCUT2D eigenvalue weighted by Gasteiger charge is 2.30. The molecule has 0 aliphatic heterocycles. The maximum absolute atomic E-state index is 13.9. The summed E-state index contributed by atoms with van der Waals surface area (Å²) in [5.41, 5.74) is 4.42. The molecule has 7 nitrogen and oxygen atoms in total. The Morgan fingerprint density at radius 3 is 2.00 bits per heavy atom. The molecule has 2 amide bonds. The normalized spacial score (nSPS) is 12.0. The Bertz CT molecular complexity index is 1360. The number of hydrogen-bond acceptors (Lipinski definition) is 4. The molecule has 0 radical (unpaired) electrons. The van der Waals surface area contributed by atoms with Gasteiger partial charge in [0.1, 0.15) is 6.04 Å². The molecular formula is C33H43N3O4S. The summed E-state index contributed by atoms with van der Waals surface area (Å²) in [4.78, 5) is 29.1. The van der Waals surface area contributed by atoms with Gasteiger partial charge in [-0.3, -0.25) is 13.9 Å². The van der Waals surface area contributed by atoms with Gasteiger partial charge in [-0.05, 0) is 61.1 Å². The molecule has 0 fully saturated rings. The van der Waals surface area contributed by atoms with Crippen LogP contribution in [0.3, 0.4) is 0 Å². The van der Waals surface area contributed by atoms with Crippen molar-refractivity contribution in [2.45, 2.75) is 65.5 Å². The van der Waals surface area contributed by atoms with E-state index < -0.39 is 16.1 Å². The minimum Gasteiger partial charge on any atom is -0.354 e. The molecule has 220 valence electrons. The minimum atomic E-state index is -3.56. The molecule has 0 spiro atoms. The number of anilines is 1. The summed E-state index contributed by atoms with van der Waals surface area (Å²) in [6, 6.07) is 24.3. The second kappa shape index (κ2) is 15.4. The van der Waals surface area contributed by atoms with Crippen molar-refractivity contribution >= 4 is 27.5 Å². The molecular weight excluding hydrogens is 534 g/mol. The van der Waals surface area contributed by atoms with E-state index in [0.717, 1.165) is 35.1 Å². The van der Waals surface area contributed by atoms with Crippen LogP contribution in [0.25, 0.3) is 0 Å². The van der Waals surface area contributed by atoms with E-state index in [1.54, 1.807) is 4.90 Å². The third kappa shape index (κ3) is 10.0. The molecule has 0 aliphatic carbocycles. The Balaban J connectivity index is 1.86. The van der Waals surface area contributed by atoms with Crippen LogP contribution < -0.4 is 9.62 Å². The number of benzene rings is 3. The van der Waals surface area contributed by atoms with Crippen molar-refractivity contribution in [2.24, 2.45) is 0 Å². The molecule has 0 heterocycles. The number of carbonyl (C=O) groups excluding carboxylic acids is 2. The van der Waals surface area contributed by atoms with Crippen molar-refractivity contribution in [2.75, 3.05) is 23.7 Å². The molecule has 0 unspecified atom stereocenters. The minimum absolute atomic E-state index is 0.108. The van der Waals surface area contributed by atoms with E-state index in [4.69, 9.17) is 0 Å². The van der Waals surface area contributed by atoms with Crippen LogP contribution in [0.2, 0.25) is 0 Å². The summed E-state index contributed by atoms with van der Waals surface area (Å²) in [7, 11) is -3.56. The SMILES string of the molecule is CCCCNC(=O)[C@@H](Cc1ccccc1)N(Cc1ccccc1)C(=O)CCCN(c1cc(C)cc(C)c1)S(C)(=O)=O. The molecule has 0 saturated heterocycles. The molecule has 3 aromatic rings. The average molecular weight is 578 g/mol. The fourth-order valence-electron chi connectivity index (χ4n) is 4.94. The lowest BCUT2D eigenvalue weighted by Crippen LogP contribution is -2.50. The van der Waals surface area contributed by atoms with E-state index in [-0.39, 0.29) is 31.3 Å². The van der Waals surface area contributed by atoms with Crippen molar-refractivity contribution in [1.82, 2.24) is 10.2 Å². The van der Waals surface area contributed by atoms with Gasteiger partial charge in [0, 0.05) is 32.5 Å². The monoisotopic (exact) mass is 577 g/mol. The predicted octanol–water partition coefficient (Wildman–Crippen LogP) is 5.41. The molecule has 0 bridgehead atoms. The van der Waals surface area contributed by atoms with E-state index in [1.165, 1.54) is 10.6 Å². The van der Waals surface area contributed by atoms with Gasteiger partial charge in [0.05, 0.1) is 11.9 Å². The second-order valence-electron chi connectivity index (χ2n) is 10.6. The summed E-state index contributed by atoms with van der Waals surface area (Å²) in [6.07, 6.45) is 3.81. The van der Waals surface area contributed by atoms with Crippen LogP contribution in [0, 0.1) is 13.8 Å². The van der Waals surface area contributed by atoms with Crippen LogP contribution in [-0.4, -0.2) is 50.5 Å². The summed E-state index contributed by atoms with van der Waals surface area (Å²) >= 11 is 0. The number of amides is 2. The van der Waals surface area contributed by atoms with Crippen LogP contribution in [0.15, 0.2) is 78.9 Å². The zero-order chi connectivity index (χ0) is 29.8. The first kappa shape index (κ1) is 31.9. The van der Waals surface area contributed by atoms with Crippen LogP contribution in [0.4, 0.5) is 5.69 Å². The largest absolute Gasteiger partial charge is 0.354 e. The Morgan fingerprint density at radius 2 is 1.44 bits per heavy atom. The van der Waals surface area contributed by atoms with E-state index in [2.05, 4.69) is 12.2 Å². The van der Waals surface area contributed by atoms with E-state index >= 15 is 0 Å². The summed E-state index contributed by atoms with van der Waals surface area (Å²) in [6.45, 7) is 6.93. The lowest BCUT2D eigenvalue weighted by Gasteiger charge is -2.32. The number of sulfonamides is 1. The Hall–Kier alpha value is -3.65. The van der Waals surface area contributed by atoms with Gasteiger partial charge in [0.25, 0.3) is 0 Å². The topological polar surface area (TPSA) is 86.8 Å². The second-order valence-corrected chi connectivity index (χ2v) is 12.5. The highest BCUT2D eigenvalue weighted by molar-refractivity contribution is 7.92. The molecule has 0 saturated carbocycles. The van der Waals surface area contributed by atoms with Gasteiger partial charge in [0.15, 0.2) is 0 Å². The number of aryl methyl sites for hydroxylation is 2. The lowest BCUT2D eigenvalue weighted by molar-refractivity contribution is -0.141. The highest BCUT2D eigenvalue weighted by atomic mass is 32.2. The molecule has 8 heteroatoms. The first-order valence-corrected chi connectivity index (χ1v) is 16.1. The van der Waals surface area contributed by atoms with Crippen molar-refractivity contribution in [1.29, 1.82) is 0 Å². The van der Waals surface area contributed by atoms with Gasteiger partial charge in [-0.15, -0.1) is 0 Å². The number of hydrogen-bond donors (Lipinski definition) is 1. The molecule has 0 aromatic heterocycles. The predicted molar refractivity (Wildman–Crippen MR) is 166 cm³/mol. The Kier molecular flexibility index (Phi) is 12.0. The third-order valence-corrected chi connectivity index (χ3v) is 8.14. The van der Waals surface area contributed by atoms with Crippen LogP contribution >= 0.6 is 0 Å². The number of carbonyl (C=O) groups is 2. The summed E-state index contributed by atoms with van der Waals surface area (Å²) in [5, 5.41) is 3.03. The maximum atomic E-state index is 13.9. The van der Waals surface area contributed by atoms with E-state index in [1.807, 2.05) is 92.7 Å². The standard InChI is InChI=1S/C33H43N3O4S/c1-5-6-19-34-33(38)31(24-28-14-9-7-10-15-28)35(25-29-16-11-8-12-17-29)32(37)18-13-20-36(41(4,39)40)30-22-26(2)21-27(3)23-30/h7-12,14-17,21-23,31H,5-6,13,18-20,24-25H2,1-4H3,(H,34,38)/t31-/m1/s1. The first-order valence-electron chi connectivity index (χ1n) is 14.3. The third-order valence-electron chi connectivity index (χ3n) is 6.94. The van der Waals surface area contributed by atoms with Crippen LogP contribution in [0.1, 0.15) is 54.9 Å². The van der Waals surface area contributed by atoms with Gasteiger partial charge in [-0.1, -0.05) is 80.1 Å². The van der Waals surface area contributed by atoms with E-state index in [0.29, 0.717) is 25.1 Å². The smallest absolute Gasteiger partial charge is 0.243 e. The fraction of sp³-hybridized carbons (Fsp3) is 0.394. The molecule has 0 aliphatic rings. The number of unbranched alkanes of at least 4 members (excludes halogenated alkanes) is 1. The van der Waals surface area contributed by atoms with Gasteiger partial charge >= 0.3 is 0 Å². The van der Waals surface area contributed by atoms with Crippen molar-refractivity contribution in [3.05, 3.63) is 101 Å². The first-order chi connectivity index (χ1) is 19.6. The lowest BCUT2D eigenvalue weighted by atomic mass is 10.0. The quantitative estimate of drug-likeness (QED) is 0.245. The molecule has 1 N–H and O–H groups in total. The highest BCUT2D eigenvalue weighted by Crippen LogP contribution is 2.23. The molecule has 1 atom stereocenters. The van der Waals surface area contributed by atoms with Crippen molar-refractivity contribution in [3.8, 4) is 0 Å². The average Bonchev–Trinajstić information content (AvgIpc) is 2.93. The van der Waals surface area contributed by atoms with Gasteiger partial charge in [-0.2, -0.15) is 0 Å². The number of nitrogens with one attached hydrogen (secondary N) is 1. The zero-order valence-electron chi connectivity index (χ0n) is 24.7. The van der Waals surface area contributed by atoms with Gasteiger partial charge < -0.3 is 10.2 Å². The Morgan fingerprint density at radius 1 is 0.854 bits per heavy atom. The number of rotatable bonds is 15. The fourth-order valence-corrected chi connectivity index (χ4v) is 5.89. The molecule has 3 aromatic carbocycles. The zero-order valence-corrected chi connectivity index (χ0v) is 25.5. The van der Waals surface area contributed by atoms with E-state index in [9.17, 15) is 18.0 Å². The van der Waals surface area contributed by atoms with Gasteiger partial charge in [-0.25, -0.2) is 8.42 Å². The maximum Gasteiger partial charge on any atom is 0.243 e. The summed E-state index contributed by atoms with van der Waals surface area (Å²) in [5.74, 6) is -0.367. The van der Waals surface area contributed by atoms with Crippen molar-refractivity contribution in [3.63, 3.8) is 0 Å².